The Hall–Kier alpha value is -4.72. The Bertz CT molecular complexity index is 1440. The van der Waals surface area contributed by atoms with Crippen LogP contribution in [0.25, 0.3) is 11.3 Å². The Morgan fingerprint density at radius 1 is 0.846 bits per heavy atom. The fourth-order valence-corrected chi connectivity index (χ4v) is 4.69. The van der Waals surface area contributed by atoms with Crippen LogP contribution >= 0.6 is 0 Å². The van der Waals surface area contributed by atoms with Gasteiger partial charge in [0, 0.05) is 61.9 Å². The third-order valence-electron chi connectivity index (χ3n) is 6.88. The summed E-state index contributed by atoms with van der Waals surface area (Å²) in [4.78, 5) is 37.3. The van der Waals surface area contributed by atoms with Crippen molar-refractivity contribution in [2.45, 2.75) is 20.3 Å². The molecule has 5 rings (SSSR count). The molecular weight excluding hydrogens is 488 g/mol. The van der Waals surface area contributed by atoms with Crippen molar-refractivity contribution in [2.75, 3.05) is 41.7 Å². The number of carbonyl (C=O) groups excluding carboxylic acids is 2. The van der Waals surface area contributed by atoms with Crippen molar-refractivity contribution in [1.29, 1.82) is 0 Å². The normalized spacial score (nSPS) is 13.2. The third kappa shape index (κ3) is 6.59. The number of hydrogen-bond donors (Lipinski definition) is 2. The lowest BCUT2D eigenvalue weighted by atomic mass is 10.1. The van der Waals surface area contributed by atoms with E-state index < -0.39 is 0 Å². The second kappa shape index (κ2) is 11.8. The number of rotatable bonds is 7. The maximum atomic E-state index is 12.8. The summed E-state index contributed by atoms with van der Waals surface area (Å²) >= 11 is 0. The minimum absolute atomic E-state index is 0.103. The van der Waals surface area contributed by atoms with Gasteiger partial charge >= 0.3 is 0 Å². The van der Waals surface area contributed by atoms with Gasteiger partial charge < -0.3 is 20.4 Å². The summed E-state index contributed by atoms with van der Waals surface area (Å²) in [6, 6.07) is 25.7. The topological polar surface area (TPSA) is 90.5 Å². The Balaban J connectivity index is 1.16. The molecule has 4 aromatic rings. The largest absolute Gasteiger partial charge is 0.368 e. The van der Waals surface area contributed by atoms with Crippen LogP contribution in [-0.2, 0) is 16.0 Å². The number of amides is 2. The fourth-order valence-electron chi connectivity index (χ4n) is 4.69. The molecule has 8 heteroatoms. The zero-order valence-corrected chi connectivity index (χ0v) is 22.2. The van der Waals surface area contributed by atoms with Crippen LogP contribution in [-0.4, -0.2) is 52.9 Å². The van der Waals surface area contributed by atoms with Gasteiger partial charge in [-0.1, -0.05) is 36.4 Å². The third-order valence-corrected chi connectivity index (χ3v) is 6.88. The van der Waals surface area contributed by atoms with Crippen LogP contribution in [0.3, 0.4) is 0 Å². The van der Waals surface area contributed by atoms with Crippen LogP contribution in [0.4, 0.5) is 23.0 Å². The van der Waals surface area contributed by atoms with Gasteiger partial charge in [0.25, 0.3) is 0 Å². The summed E-state index contributed by atoms with van der Waals surface area (Å²) in [6.45, 7) is 6.58. The molecule has 0 atom stereocenters. The second-order valence-corrected chi connectivity index (χ2v) is 9.67. The van der Waals surface area contributed by atoms with E-state index in [1.807, 2.05) is 65.6 Å². The lowest BCUT2D eigenvalue weighted by molar-refractivity contribution is -0.130. The van der Waals surface area contributed by atoms with Gasteiger partial charge in [-0.05, 0) is 60.5 Å². The van der Waals surface area contributed by atoms with Gasteiger partial charge in [0.2, 0.25) is 17.8 Å². The van der Waals surface area contributed by atoms with Crippen molar-refractivity contribution < 1.29 is 9.59 Å². The maximum absolute atomic E-state index is 12.8. The molecule has 1 fully saturated rings. The summed E-state index contributed by atoms with van der Waals surface area (Å²) in [7, 11) is 0. The van der Waals surface area contributed by atoms with Gasteiger partial charge in [0.1, 0.15) is 0 Å². The molecule has 8 nitrogen and oxygen atoms in total. The van der Waals surface area contributed by atoms with Crippen LogP contribution in [0.1, 0.15) is 18.1 Å². The van der Waals surface area contributed by atoms with Crippen LogP contribution in [0.15, 0.2) is 85.1 Å². The molecule has 0 spiro atoms. The molecule has 2 N–H and O–H groups in total. The van der Waals surface area contributed by atoms with E-state index in [0.717, 1.165) is 65.6 Å². The predicted octanol–water partition coefficient (Wildman–Crippen LogP) is 5.05. The van der Waals surface area contributed by atoms with Crippen molar-refractivity contribution in [2.24, 2.45) is 0 Å². The molecule has 0 aliphatic carbocycles. The number of benzene rings is 3. The van der Waals surface area contributed by atoms with E-state index >= 15 is 0 Å². The van der Waals surface area contributed by atoms with E-state index in [1.54, 1.807) is 6.20 Å². The Labute approximate surface area is 228 Å². The summed E-state index contributed by atoms with van der Waals surface area (Å²) in [6.07, 6.45) is 2.18. The van der Waals surface area contributed by atoms with E-state index in [0.29, 0.717) is 12.4 Å². The number of carbonyl (C=O) groups is 2. The lowest BCUT2D eigenvalue weighted by Crippen LogP contribution is -2.49. The molecule has 2 amide bonds. The van der Waals surface area contributed by atoms with E-state index in [4.69, 9.17) is 0 Å². The highest BCUT2D eigenvalue weighted by atomic mass is 16.2. The number of nitrogens with one attached hydrogen (secondary N) is 2. The average molecular weight is 521 g/mol. The van der Waals surface area contributed by atoms with Gasteiger partial charge in [-0.2, -0.15) is 0 Å². The van der Waals surface area contributed by atoms with Crippen molar-refractivity contribution in [3.8, 4) is 11.3 Å². The van der Waals surface area contributed by atoms with Crippen LogP contribution in [0.5, 0.6) is 0 Å². The average Bonchev–Trinajstić information content (AvgIpc) is 2.95. The summed E-state index contributed by atoms with van der Waals surface area (Å²) in [5.41, 5.74) is 6.74. The molecule has 3 aromatic carbocycles. The molecule has 0 bridgehead atoms. The minimum Gasteiger partial charge on any atom is -0.368 e. The monoisotopic (exact) mass is 520 g/mol. The van der Waals surface area contributed by atoms with Crippen molar-refractivity contribution >= 4 is 34.8 Å². The van der Waals surface area contributed by atoms with Crippen molar-refractivity contribution in [1.82, 2.24) is 14.9 Å². The smallest absolute Gasteiger partial charge is 0.227 e. The number of hydrogen-bond acceptors (Lipinski definition) is 6. The summed E-state index contributed by atoms with van der Waals surface area (Å²) in [5, 5.41) is 6.05. The Morgan fingerprint density at radius 2 is 1.54 bits per heavy atom. The van der Waals surface area contributed by atoms with Crippen LogP contribution in [0.2, 0.25) is 0 Å². The first-order valence-electron chi connectivity index (χ1n) is 13.1. The molecule has 198 valence electrons. The van der Waals surface area contributed by atoms with E-state index in [9.17, 15) is 9.59 Å². The molecule has 1 saturated heterocycles. The highest BCUT2D eigenvalue weighted by molar-refractivity contribution is 5.89. The van der Waals surface area contributed by atoms with Gasteiger partial charge in [-0.3, -0.25) is 9.59 Å². The van der Waals surface area contributed by atoms with Gasteiger partial charge in [0.05, 0.1) is 12.1 Å². The van der Waals surface area contributed by atoms with Gasteiger partial charge in [-0.25, -0.2) is 9.97 Å². The first kappa shape index (κ1) is 25.9. The molecule has 0 radical (unpaired) electrons. The Morgan fingerprint density at radius 3 is 2.23 bits per heavy atom. The van der Waals surface area contributed by atoms with Crippen LogP contribution < -0.4 is 15.5 Å². The molecule has 1 aliphatic heterocycles. The maximum Gasteiger partial charge on any atom is 0.227 e. The SMILES string of the molecule is CC(=O)Nc1ccc(-c2ccnc(Nc3ccc(N4CCN(C(=O)Cc5ccccc5C)CC4)cc3)n2)cc1. The van der Waals surface area contributed by atoms with E-state index in [2.05, 4.69) is 50.6 Å². The van der Waals surface area contributed by atoms with Crippen molar-refractivity contribution in [3.05, 3.63) is 96.2 Å². The van der Waals surface area contributed by atoms with Gasteiger partial charge in [-0.15, -0.1) is 0 Å². The number of nitrogens with zero attached hydrogens (tertiary/aromatic N) is 4. The molecule has 0 saturated carbocycles. The Kier molecular flexibility index (Phi) is 7.82. The zero-order valence-electron chi connectivity index (χ0n) is 22.2. The summed E-state index contributed by atoms with van der Waals surface area (Å²) < 4.78 is 0. The van der Waals surface area contributed by atoms with Crippen molar-refractivity contribution in [3.63, 3.8) is 0 Å². The predicted molar refractivity (Wildman–Crippen MR) is 155 cm³/mol. The molecule has 0 unspecified atom stereocenters. The standard InChI is InChI=1S/C31H32N6O2/c1-22-5-3-4-6-25(22)21-30(39)37-19-17-36(18-20-37)28-13-11-27(12-14-28)34-31-32-16-15-29(35-31)24-7-9-26(10-8-24)33-23(2)38/h3-16H,17-21H2,1-2H3,(H,33,38)(H,32,34,35). The first-order valence-corrected chi connectivity index (χ1v) is 13.1. The quantitative estimate of drug-likeness (QED) is 0.355. The minimum atomic E-state index is -0.103. The zero-order chi connectivity index (χ0) is 27.2. The first-order chi connectivity index (χ1) is 18.9. The molecular formula is C31H32N6O2. The van der Waals surface area contributed by atoms with Gasteiger partial charge in [0.15, 0.2) is 0 Å². The molecule has 1 aliphatic rings. The number of anilines is 4. The number of aryl methyl sites for hydroxylation is 1. The second-order valence-electron chi connectivity index (χ2n) is 9.67. The van der Waals surface area contributed by atoms with E-state index in [1.165, 1.54) is 6.92 Å². The molecule has 1 aromatic heterocycles. The number of piperazine rings is 1. The summed E-state index contributed by atoms with van der Waals surface area (Å²) in [5.74, 6) is 0.593. The highest BCUT2D eigenvalue weighted by Crippen LogP contribution is 2.24. The molecule has 39 heavy (non-hydrogen) atoms. The lowest BCUT2D eigenvalue weighted by Gasteiger charge is -2.36. The highest BCUT2D eigenvalue weighted by Gasteiger charge is 2.21. The molecule has 2 heterocycles. The van der Waals surface area contributed by atoms with E-state index in [-0.39, 0.29) is 11.8 Å². The van der Waals surface area contributed by atoms with Crippen LogP contribution in [0, 0.1) is 6.92 Å². The number of aromatic nitrogens is 2. The fraction of sp³-hybridized carbons (Fsp3) is 0.226.